The second-order valence-corrected chi connectivity index (χ2v) is 7.58. The number of ether oxygens (including phenoxy) is 2. The summed E-state index contributed by atoms with van der Waals surface area (Å²) in [6.07, 6.45) is 0.494. The Bertz CT molecular complexity index is 1070. The minimum atomic E-state index is -6.02. The Balaban J connectivity index is 2.49. The molecule has 2 aromatic carbocycles. The normalized spacial score (nSPS) is 14.7. The van der Waals surface area contributed by atoms with Crippen molar-refractivity contribution in [3.63, 3.8) is 0 Å². The van der Waals surface area contributed by atoms with Gasteiger partial charge in [-0.1, -0.05) is 0 Å². The van der Waals surface area contributed by atoms with Crippen molar-refractivity contribution in [2.45, 2.75) is 24.8 Å². The van der Waals surface area contributed by atoms with Gasteiger partial charge >= 0.3 is 15.6 Å². The molecule has 0 radical (unpaired) electrons. The van der Waals surface area contributed by atoms with Gasteiger partial charge in [-0.05, 0) is 18.9 Å². The van der Waals surface area contributed by atoms with Gasteiger partial charge in [0.1, 0.15) is 17.2 Å². The van der Waals surface area contributed by atoms with Crippen LogP contribution in [0.5, 0.6) is 23.0 Å². The molecular formula is C17H15F3O7S. The summed E-state index contributed by atoms with van der Waals surface area (Å²) in [7, 11) is -3.52. The molecule has 0 amide bonds. The van der Waals surface area contributed by atoms with Gasteiger partial charge in [-0.3, -0.25) is 4.79 Å². The Labute approximate surface area is 157 Å². The highest BCUT2D eigenvalue weighted by Gasteiger charge is 2.49. The molecule has 3 rings (SSSR count). The second-order valence-electron chi connectivity index (χ2n) is 6.05. The molecule has 1 aliphatic rings. The zero-order valence-corrected chi connectivity index (χ0v) is 15.5. The summed E-state index contributed by atoms with van der Waals surface area (Å²) in [5, 5.41) is 9.76. The molecule has 0 heterocycles. The van der Waals surface area contributed by atoms with Crippen molar-refractivity contribution in [1.29, 1.82) is 0 Å². The van der Waals surface area contributed by atoms with Crippen LogP contribution in [0, 0.1) is 0 Å². The molecule has 7 nitrogen and oxygen atoms in total. The fourth-order valence-corrected chi connectivity index (χ4v) is 3.76. The Kier molecular flexibility index (Phi) is 4.82. The van der Waals surface area contributed by atoms with Crippen LogP contribution in [0.2, 0.25) is 0 Å². The quantitative estimate of drug-likeness (QED) is 0.598. The molecule has 0 unspecified atom stereocenters. The Morgan fingerprint density at radius 1 is 1.07 bits per heavy atom. The van der Waals surface area contributed by atoms with Gasteiger partial charge in [0.05, 0.1) is 25.2 Å². The van der Waals surface area contributed by atoms with E-state index in [1.807, 2.05) is 0 Å². The molecule has 0 saturated carbocycles. The molecule has 0 fully saturated rings. The largest absolute Gasteiger partial charge is 0.534 e. The summed E-state index contributed by atoms with van der Waals surface area (Å²) in [6.45, 7) is 0. The van der Waals surface area contributed by atoms with Crippen LogP contribution in [0.4, 0.5) is 13.2 Å². The summed E-state index contributed by atoms with van der Waals surface area (Å²) in [4.78, 5) is 12.5. The lowest BCUT2D eigenvalue weighted by Gasteiger charge is -2.24. The third-order valence-electron chi connectivity index (χ3n) is 4.37. The highest BCUT2D eigenvalue weighted by Crippen LogP contribution is 2.49. The van der Waals surface area contributed by atoms with Crippen molar-refractivity contribution in [3.8, 4) is 23.0 Å². The minimum Gasteiger partial charge on any atom is -0.508 e. The first-order chi connectivity index (χ1) is 13.0. The van der Waals surface area contributed by atoms with Crippen LogP contribution in [0.1, 0.15) is 28.8 Å². The van der Waals surface area contributed by atoms with Crippen molar-refractivity contribution >= 4 is 26.7 Å². The second kappa shape index (κ2) is 6.73. The molecule has 0 aromatic heterocycles. The number of aromatic hydroxyl groups is 1. The Morgan fingerprint density at radius 3 is 2.32 bits per heavy atom. The predicted octanol–water partition coefficient (Wildman–Crippen LogP) is 3.31. The molecule has 1 aliphatic carbocycles. The maximum absolute atomic E-state index is 12.9. The number of fused-ring (bicyclic) bond motifs is 2. The molecule has 0 saturated heterocycles. The van der Waals surface area contributed by atoms with E-state index >= 15 is 0 Å². The number of carbonyl (C=O) groups excluding carboxylic acids is 1. The first-order valence-electron chi connectivity index (χ1n) is 7.99. The molecule has 0 aliphatic heterocycles. The number of ketones is 1. The van der Waals surface area contributed by atoms with Gasteiger partial charge in [0.25, 0.3) is 0 Å². The standard InChI is InChI=1S/C17H15F3O7S/c1-25-12-7-8(21)6-10-14(12)16(26-2)13-9(4-3-5-11(13)22)15(10)27-28(23,24)17(18,19)20/h6-7,21H,3-5H2,1-2H3. The lowest BCUT2D eigenvalue weighted by molar-refractivity contribution is -0.0499. The van der Waals surface area contributed by atoms with Crippen LogP contribution in [-0.2, 0) is 16.5 Å². The fourth-order valence-electron chi connectivity index (χ4n) is 3.25. The van der Waals surface area contributed by atoms with Crippen molar-refractivity contribution in [2.24, 2.45) is 0 Å². The van der Waals surface area contributed by atoms with Crippen LogP contribution in [0.15, 0.2) is 12.1 Å². The van der Waals surface area contributed by atoms with Crippen molar-refractivity contribution < 1.29 is 45.1 Å². The van der Waals surface area contributed by atoms with E-state index < -0.39 is 32.9 Å². The summed E-state index contributed by atoms with van der Waals surface area (Å²) >= 11 is 0. The predicted molar refractivity (Wildman–Crippen MR) is 91.6 cm³/mol. The molecule has 152 valence electrons. The average molecular weight is 420 g/mol. The van der Waals surface area contributed by atoms with Crippen molar-refractivity contribution in [1.82, 2.24) is 0 Å². The van der Waals surface area contributed by atoms with E-state index in [0.29, 0.717) is 6.42 Å². The first kappa shape index (κ1) is 20.1. The van der Waals surface area contributed by atoms with E-state index in [-0.39, 0.29) is 46.2 Å². The first-order valence-corrected chi connectivity index (χ1v) is 9.40. The molecule has 28 heavy (non-hydrogen) atoms. The molecule has 2 aromatic rings. The topological polar surface area (TPSA) is 99.1 Å². The maximum atomic E-state index is 12.9. The Hall–Kier alpha value is -2.69. The van der Waals surface area contributed by atoms with E-state index in [9.17, 15) is 31.5 Å². The number of rotatable bonds is 4. The minimum absolute atomic E-state index is 0.0170. The maximum Gasteiger partial charge on any atom is 0.534 e. The van der Waals surface area contributed by atoms with Crippen molar-refractivity contribution in [3.05, 3.63) is 23.3 Å². The number of phenols is 1. The summed E-state index contributed by atoms with van der Waals surface area (Å²) in [5.41, 5.74) is -5.76. The van der Waals surface area contributed by atoms with E-state index in [4.69, 9.17) is 9.47 Å². The van der Waals surface area contributed by atoms with E-state index in [1.54, 1.807) is 0 Å². The van der Waals surface area contributed by atoms with Crippen LogP contribution < -0.4 is 13.7 Å². The van der Waals surface area contributed by atoms with Crippen LogP contribution in [0.25, 0.3) is 10.8 Å². The number of halogens is 3. The van der Waals surface area contributed by atoms with Gasteiger partial charge in [0.2, 0.25) is 0 Å². The Morgan fingerprint density at radius 2 is 1.75 bits per heavy atom. The fraction of sp³-hybridized carbons (Fsp3) is 0.353. The molecule has 1 N–H and O–H groups in total. The third-order valence-corrected chi connectivity index (χ3v) is 5.32. The lowest BCUT2D eigenvalue weighted by Crippen LogP contribution is -2.29. The highest BCUT2D eigenvalue weighted by atomic mass is 32.2. The van der Waals surface area contributed by atoms with E-state index in [2.05, 4.69) is 4.18 Å². The number of alkyl halides is 3. The number of hydrogen-bond donors (Lipinski definition) is 1. The number of methoxy groups -OCH3 is 2. The molecule has 0 spiro atoms. The molecule has 0 atom stereocenters. The van der Waals surface area contributed by atoms with Crippen molar-refractivity contribution in [2.75, 3.05) is 14.2 Å². The number of carbonyl (C=O) groups is 1. The van der Waals surface area contributed by atoms with Gasteiger partial charge in [0, 0.05) is 23.4 Å². The molecule has 0 bridgehead atoms. The average Bonchev–Trinajstić information content (AvgIpc) is 2.60. The summed E-state index contributed by atoms with van der Waals surface area (Å²) in [6, 6.07) is 2.19. The zero-order chi connectivity index (χ0) is 20.9. The van der Waals surface area contributed by atoms with Crippen LogP contribution >= 0.6 is 0 Å². The SMILES string of the molecule is COc1cc(O)cc2c(OS(=O)(=O)C(F)(F)F)c3c(c(OC)c12)C(=O)CCC3. The zero-order valence-electron chi connectivity index (χ0n) is 14.7. The lowest BCUT2D eigenvalue weighted by atomic mass is 9.86. The number of benzene rings is 2. The summed E-state index contributed by atoms with van der Waals surface area (Å²) < 4.78 is 77.0. The van der Waals surface area contributed by atoms with Gasteiger partial charge in [-0.2, -0.15) is 21.6 Å². The van der Waals surface area contributed by atoms with E-state index in [0.717, 1.165) is 12.1 Å². The molecule has 11 heteroatoms. The highest BCUT2D eigenvalue weighted by molar-refractivity contribution is 7.88. The van der Waals surface area contributed by atoms with E-state index in [1.165, 1.54) is 14.2 Å². The molecular weight excluding hydrogens is 405 g/mol. The van der Waals surface area contributed by atoms with Crippen LogP contribution in [0.3, 0.4) is 0 Å². The monoisotopic (exact) mass is 420 g/mol. The van der Waals surface area contributed by atoms with Crippen LogP contribution in [-0.4, -0.2) is 39.0 Å². The van der Waals surface area contributed by atoms with Gasteiger partial charge in [-0.15, -0.1) is 0 Å². The third kappa shape index (κ3) is 3.09. The smallest absolute Gasteiger partial charge is 0.508 e. The number of phenolic OH excluding ortho intramolecular Hbond substituents is 1. The van der Waals surface area contributed by atoms with Gasteiger partial charge < -0.3 is 18.8 Å². The van der Waals surface area contributed by atoms with Gasteiger partial charge in [0.15, 0.2) is 11.5 Å². The van der Waals surface area contributed by atoms with Gasteiger partial charge in [-0.25, -0.2) is 0 Å². The number of hydrogen-bond acceptors (Lipinski definition) is 7. The summed E-state index contributed by atoms with van der Waals surface area (Å²) in [5.74, 6) is -1.51. The number of Topliss-reactive ketones (excluding diaryl/α,β-unsaturated/α-hetero) is 1.